The van der Waals surface area contributed by atoms with E-state index < -0.39 is 0 Å². The molecule has 5 nitrogen and oxygen atoms in total. The fraction of sp³-hybridized carbons (Fsp3) is 0.250. The first kappa shape index (κ1) is 15.6. The summed E-state index contributed by atoms with van der Waals surface area (Å²) in [4.78, 5) is 24.9. The van der Waals surface area contributed by atoms with Gasteiger partial charge in [0.2, 0.25) is 5.91 Å². The van der Waals surface area contributed by atoms with Crippen LogP contribution in [0.15, 0.2) is 59.5 Å². The molecule has 0 aliphatic heterocycles. The van der Waals surface area contributed by atoms with Crippen LogP contribution in [0.5, 0.6) is 0 Å². The van der Waals surface area contributed by atoms with Crippen LogP contribution in [0.3, 0.4) is 0 Å². The minimum Gasteiger partial charge on any atom is -0.354 e. The molecule has 0 saturated heterocycles. The van der Waals surface area contributed by atoms with Gasteiger partial charge in [0.15, 0.2) is 0 Å². The Morgan fingerprint density at radius 1 is 1.16 bits per heavy atom. The Morgan fingerprint density at radius 2 is 1.96 bits per heavy atom. The zero-order valence-electron chi connectivity index (χ0n) is 13.8. The van der Waals surface area contributed by atoms with E-state index in [-0.39, 0.29) is 17.4 Å². The molecule has 0 saturated carbocycles. The number of rotatable bonds is 4. The van der Waals surface area contributed by atoms with Crippen molar-refractivity contribution in [1.82, 2.24) is 15.1 Å². The predicted molar refractivity (Wildman–Crippen MR) is 96.5 cm³/mol. The maximum Gasteiger partial charge on any atom is 0.274 e. The predicted octanol–water partition coefficient (Wildman–Crippen LogP) is 2.24. The maximum atomic E-state index is 12.5. The lowest BCUT2D eigenvalue weighted by atomic mass is 10.0. The normalized spacial score (nSPS) is 15.9. The van der Waals surface area contributed by atoms with Crippen LogP contribution in [-0.2, 0) is 17.8 Å². The first-order chi connectivity index (χ1) is 12.2. The van der Waals surface area contributed by atoms with E-state index in [1.54, 1.807) is 12.3 Å². The van der Waals surface area contributed by atoms with Gasteiger partial charge in [-0.05, 0) is 30.0 Å². The van der Waals surface area contributed by atoms with Crippen molar-refractivity contribution >= 4 is 16.7 Å². The highest BCUT2D eigenvalue weighted by Crippen LogP contribution is 2.32. The molecule has 1 N–H and O–H groups in total. The number of benzene rings is 2. The van der Waals surface area contributed by atoms with E-state index in [9.17, 15) is 9.59 Å². The molecular weight excluding hydrogens is 314 g/mol. The van der Waals surface area contributed by atoms with Crippen LogP contribution in [0.2, 0.25) is 0 Å². The number of carbonyl (C=O) groups excluding carboxylic acids is 1. The summed E-state index contributed by atoms with van der Waals surface area (Å²) in [5, 5.41) is 8.62. The van der Waals surface area contributed by atoms with Crippen molar-refractivity contribution in [3.63, 3.8) is 0 Å². The summed E-state index contributed by atoms with van der Waals surface area (Å²) in [5.41, 5.74) is 2.26. The largest absolute Gasteiger partial charge is 0.354 e. The lowest BCUT2D eigenvalue weighted by molar-refractivity contribution is -0.122. The number of aryl methyl sites for hydroxylation is 1. The van der Waals surface area contributed by atoms with Gasteiger partial charge in [-0.1, -0.05) is 42.5 Å². The molecule has 1 amide bonds. The standard InChI is InChI=1S/C20H19N3O2/c24-19(18-10-9-14-5-1-3-7-16(14)18)21-11-12-23-20(25)17-8-4-2-6-15(17)13-22-23/h1-8,13,18H,9-12H2,(H,21,24)/t18-/m1/s1. The van der Waals surface area contributed by atoms with E-state index in [0.717, 1.165) is 23.8 Å². The Kier molecular flexibility index (Phi) is 4.06. The molecule has 0 unspecified atom stereocenters. The molecule has 126 valence electrons. The SMILES string of the molecule is O=C(NCCn1ncc2ccccc2c1=O)[C@@H]1CCc2ccccc21. The second-order valence-corrected chi connectivity index (χ2v) is 6.34. The van der Waals surface area contributed by atoms with Gasteiger partial charge in [0.25, 0.3) is 5.56 Å². The second-order valence-electron chi connectivity index (χ2n) is 6.34. The molecular formula is C20H19N3O2. The van der Waals surface area contributed by atoms with Gasteiger partial charge in [-0.15, -0.1) is 0 Å². The monoisotopic (exact) mass is 333 g/mol. The molecule has 1 heterocycles. The zero-order valence-corrected chi connectivity index (χ0v) is 13.8. The Hall–Kier alpha value is -2.95. The summed E-state index contributed by atoms with van der Waals surface area (Å²) >= 11 is 0. The Bertz CT molecular complexity index is 993. The van der Waals surface area contributed by atoms with Gasteiger partial charge >= 0.3 is 0 Å². The Morgan fingerprint density at radius 3 is 2.88 bits per heavy atom. The number of nitrogens with zero attached hydrogens (tertiary/aromatic N) is 2. The van der Waals surface area contributed by atoms with Crippen LogP contribution in [0.4, 0.5) is 0 Å². The van der Waals surface area contributed by atoms with E-state index in [4.69, 9.17) is 0 Å². The lowest BCUT2D eigenvalue weighted by Gasteiger charge is -2.13. The van der Waals surface area contributed by atoms with Gasteiger partial charge in [0.05, 0.1) is 24.0 Å². The van der Waals surface area contributed by atoms with Crippen LogP contribution in [0.25, 0.3) is 10.8 Å². The molecule has 0 fully saturated rings. The molecule has 3 aromatic rings. The van der Waals surface area contributed by atoms with Crippen molar-refractivity contribution in [1.29, 1.82) is 0 Å². The highest BCUT2D eigenvalue weighted by molar-refractivity contribution is 5.85. The summed E-state index contributed by atoms with van der Waals surface area (Å²) in [6.07, 6.45) is 3.48. The summed E-state index contributed by atoms with van der Waals surface area (Å²) in [6.45, 7) is 0.756. The first-order valence-electron chi connectivity index (χ1n) is 8.54. The van der Waals surface area contributed by atoms with E-state index in [1.807, 2.05) is 36.4 Å². The van der Waals surface area contributed by atoms with E-state index in [0.29, 0.717) is 18.5 Å². The third kappa shape index (κ3) is 2.93. The molecule has 1 atom stereocenters. The van der Waals surface area contributed by atoms with Gasteiger partial charge in [0, 0.05) is 11.9 Å². The number of amides is 1. The molecule has 4 rings (SSSR count). The van der Waals surface area contributed by atoms with Crippen molar-refractivity contribution in [2.75, 3.05) is 6.54 Å². The fourth-order valence-electron chi connectivity index (χ4n) is 3.52. The number of hydrogen-bond donors (Lipinski definition) is 1. The van der Waals surface area contributed by atoms with Crippen molar-refractivity contribution in [3.05, 3.63) is 76.2 Å². The number of carbonyl (C=O) groups is 1. The van der Waals surface area contributed by atoms with E-state index >= 15 is 0 Å². The number of hydrogen-bond acceptors (Lipinski definition) is 3. The van der Waals surface area contributed by atoms with Crippen LogP contribution < -0.4 is 10.9 Å². The average molecular weight is 333 g/mol. The third-order valence-electron chi connectivity index (χ3n) is 4.83. The van der Waals surface area contributed by atoms with Gasteiger partial charge in [-0.25, -0.2) is 4.68 Å². The highest BCUT2D eigenvalue weighted by Gasteiger charge is 2.27. The smallest absolute Gasteiger partial charge is 0.274 e. The second kappa shape index (κ2) is 6.51. The summed E-state index contributed by atoms with van der Waals surface area (Å²) in [5.74, 6) is -0.0590. The van der Waals surface area contributed by atoms with Crippen LogP contribution in [-0.4, -0.2) is 22.2 Å². The lowest BCUT2D eigenvalue weighted by Crippen LogP contribution is -2.34. The van der Waals surface area contributed by atoms with E-state index in [2.05, 4.69) is 16.5 Å². The first-order valence-corrected chi connectivity index (χ1v) is 8.54. The molecule has 0 radical (unpaired) electrons. The molecule has 1 aliphatic rings. The van der Waals surface area contributed by atoms with Gasteiger partial charge < -0.3 is 5.32 Å². The minimum atomic E-state index is -0.126. The maximum absolute atomic E-state index is 12.5. The Balaban J connectivity index is 1.42. The van der Waals surface area contributed by atoms with Crippen molar-refractivity contribution in [2.45, 2.75) is 25.3 Å². The molecule has 25 heavy (non-hydrogen) atoms. The van der Waals surface area contributed by atoms with E-state index in [1.165, 1.54) is 10.2 Å². The molecule has 2 aromatic carbocycles. The quantitative estimate of drug-likeness (QED) is 0.796. The van der Waals surface area contributed by atoms with Gasteiger partial charge in [-0.2, -0.15) is 5.10 Å². The van der Waals surface area contributed by atoms with Crippen molar-refractivity contribution < 1.29 is 4.79 Å². The minimum absolute atomic E-state index is 0.0267. The molecule has 0 bridgehead atoms. The number of aromatic nitrogens is 2. The summed E-state index contributed by atoms with van der Waals surface area (Å²) < 4.78 is 1.41. The van der Waals surface area contributed by atoms with Crippen molar-refractivity contribution in [3.8, 4) is 0 Å². The molecule has 1 aromatic heterocycles. The van der Waals surface area contributed by atoms with Gasteiger partial charge in [0.1, 0.15) is 0 Å². The highest BCUT2D eigenvalue weighted by atomic mass is 16.2. The molecule has 5 heteroatoms. The van der Waals surface area contributed by atoms with Crippen molar-refractivity contribution in [2.24, 2.45) is 0 Å². The molecule has 1 aliphatic carbocycles. The van der Waals surface area contributed by atoms with Crippen LogP contribution >= 0.6 is 0 Å². The molecule has 0 spiro atoms. The summed E-state index contributed by atoms with van der Waals surface area (Å²) in [6, 6.07) is 15.5. The number of nitrogens with one attached hydrogen (secondary N) is 1. The van der Waals surface area contributed by atoms with Crippen LogP contribution in [0.1, 0.15) is 23.5 Å². The third-order valence-corrected chi connectivity index (χ3v) is 4.83. The summed E-state index contributed by atoms with van der Waals surface area (Å²) in [7, 11) is 0. The topological polar surface area (TPSA) is 64.0 Å². The fourth-order valence-corrected chi connectivity index (χ4v) is 3.52. The number of fused-ring (bicyclic) bond motifs is 2. The van der Waals surface area contributed by atoms with Gasteiger partial charge in [-0.3, -0.25) is 9.59 Å². The average Bonchev–Trinajstić information content (AvgIpc) is 3.08. The zero-order chi connectivity index (χ0) is 17.2. The Labute approximate surface area is 145 Å². The van der Waals surface area contributed by atoms with Crippen LogP contribution in [0, 0.1) is 0 Å².